The van der Waals surface area contributed by atoms with Gasteiger partial charge < -0.3 is 15.2 Å². The topological polar surface area (TPSA) is 57.4 Å². The summed E-state index contributed by atoms with van der Waals surface area (Å²) in [6.45, 7) is 1.04. The number of methoxy groups -OCH3 is 1. The minimum absolute atomic E-state index is 0.487. The Labute approximate surface area is 113 Å². The Morgan fingerprint density at radius 2 is 2.05 bits per heavy atom. The van der Waals surface area contributed by atoms with Crippen molar-refractivity contribution in [1.29, 1.82) is 0 Å². The summed E-state index contributed by atoms with van der Waals surface area (Å²) in [5, 5.41) is 0. The predicted octanol–water partition coefficient (Wildman–Crippen LogP) is 2.17. The van der Waals surface area contributed by atoms with E-state index in [2.05, 4.69) is 4.98 Å². The molecule has 0 fully saturated rings. The zero-order valence-electron chi connectivity index (χ0n) is 11.0. The molecule has 0 aliphatic rings. The van der Waals surface area contributed by atoms with Crippen molar-refractivity contribution < 1.29 is 9.47 Å². The second-order valence-corrected chi connectivity index (χ2v) is 4.11. The third-order valence-electron chi connectivity index (χ3n) is 2.81. The molecule has 0 saturated heterocycles. The highest BCUT2D eigenvalue weighted by atomic mass is 16.5. The van der Waals surface area contributed by atoms with E-state index in [0.717, 1.165) is 29.2 Å². The maximum absolute atomic E-state index is 5.75. The molecule has 0 aliphatic carbocycles. The van der Waals surface area contributed by atoms with Crippen LogP contribution in [0.5, 0.6) is 11.5 Å². The first-order valence-electron chi connectivity index (χ1n) is 6.23. The molecule has 0 spiro atoms. The minimum Gasteiger partial charge on any atom is -0.493 e. The van der Waals surface area contributed by atoms with E-state index in [1.54, 1.807) is 13.3 Å². The average molecular weight is 258 g/mol. The van der Waals surface area contributed by atoms with E-state index in [1.165, 1.54) is 0 Å². The molecule has 1 aromatic heterocycles. The summed E-state index contributed by atoms with van der Waals surface area (Å²) in [4.78, 5) is 4.25. The van der Waals surface area contributed by atoms with Gasteiger partial charge in [-0.1, -0.05) is 12.1 Å². The first kappa shape index (κ1) is 13.4. The maximum atomic E-state index is 5.75. The fourth-order valence-electron chi connectivity index (χ4n) is 1.77. The van der Waals surface area contributed by atoms with Crippen molar-refractivity contribution in [2.24, 2.45) is 5.73 Å². The molecule has 0 aliphatic heterocycles. The van der Waals surface area contributed by atoms with E-state index in [0.29, 0.717) is 13.2 Å². The van der Waals surface area contributed by atoms with Crippen molar-refractivity contribution in [1.82, 2.24) is 4.98 Å². The van der Waals surface area contributed by atoms with Gasteiger partial charge in [0.05, 0.1) is 13.7 Å². The molecule has 0 saturated carbocycles. The predicted molar refractivity (Wildman–Crippen MR) is 74.3 cm³/mol. The van der Waals surface area contributed by atoms with E-state index in [9.17, 15) is 0 Å². The highest BCUT2D eigenvalue weighted by Gasteiger charge is 2.05. The fourth-order valence-corrected chi connectivity index (χ4v) is 1.77. The molecular formula is C15H18N2O2. The van der Waals surface area contributed by atoms with Crippen LogP contribution in [0.15, 0.2) is 42.6 Å². The minimum atomic E-state index is 0.487. The average Bonchev–Trinajstić information content (AvgIpc) is 2.48. The number of nitrogens with zero attached hydrogens (tertiary/aromatic N) is 1. The molecule has 1 aromatic carbocycles. The molecule has 4 heteroatoms. The Bertz CT molecular complexity index is 515. The number of hydrogen-bond acceptors (Lipinski definition) is 4. The zero-order valence-corrected chi connectivity index (χ0v) is 11.0. The highest BCUT2D eigenvalue weighted by Crippen LogP contribution is 2.27. The van der Waals surface area contributed by atoms with Crippen LogP contribution in [-0.4, -0.2) is 18.7 Å². The smallest absolute Gasteiger partial charge is 0.161 e. The fraction of sp³-hybridized carbons (Fsp3) is 0.267. The quantitative estimate of drug-likeness (QED) is 0.862. The summed E-state index contributed by atoms with van der Waals surface area (Å²) < 4.78 is 11.0. The molecule has 0 radical (unpaired) electrons. The van der Waals surface area contributed by atoms with Gasteiger partial charge in [0.25, 0.3) is 0 Å². The Morgan fingerprint density at radius 3 is 2.74 bits per heavy atom. The van der Waals surface area contributed by atoms with Crippen molar-refractivity contribution in [2.45, 2.75) is 13.0 Å². The highest BCUT2D eigenvalue weighted by molar-refractivity contribution is 5.42. The van der Waals surface area contributed by atoms with Crippen LogP contribution in [-0.2, 0) is 13.0 Å². The molecule has 4 nitrogen and oxygen atoms in total. The molecule has 19 heavy (non-hydrogen) atoms. The number of aromatic nitrogens is 1. The number of benzene rings is 1. The van der Waals surface area contributed by atoms with Gasteiger partial charge in [-0.3, -0.25) is 4.98 Å². The Hall–Kier alpha value is -2.07. The van der Waals surface area contributed by atoms with E-state index >= 15 is 0 Å². The number of nitrogens with two attached hydrogens (primary N) is 1. The number of rotatable bonds is 6. The summed E-state index contributed by atoms with van der Waals surface area (Å²) in [6.07, 6.45) is 2.54. The molecule has 0 bridgehead atoms. The van der Waals surface area contributed by atoms with Gasteiger partial charge in [0, 0.05) is 24.9 Å². The van der Waals surface area contributed by atoms with Crippen LogP contribution >= 0.6 is 0 Å². The van der Waals surface area contributed by atoms with Crippen molar-refractivity contribution >= 4 is 0 Å². The van der Waals surface area contributed by atoms with Gasteiger partial charge in [0.1, 0.15) is 0 Å². The van der Waals surface area contributed by atoms with Gasteiger partial charge in [-0.05, 0) is 29.8 Å². The Morgan fingerprint density at radius 1 is 1.16 bits per heavy atom. The maximum Gasteiger partial charge on any atom is 0.161 e. The van der Waals surface area contributed by atoms with Crippen LogP contribution in [0.25, 0.3) is 0 Å². The number of ether oxygens (including phenoxy) is 2. The summed E-state index contributed by atoms with van der Waals surface area (Å²) >= 11 is 0. The van der Waals surface area contributed by atoms with Gasteiger partial charge >= 0.3 is 0 Å². The molecule has 0 amide bonds. The molecular weight excluding hydrogens is 240 g/mol. The van der Waals surface area contributed by atoms with Crippen LogP contribution in [0, 0.1) is 0 Å². The van der Waals surface area contributed by atoms with Crippen molar-refractivity contribution in [3.05, 3.63) is 53.9 Å². The number of hydrogen-bond donors (Lipinski definition) is 1. The van der Waals surface area contributed by atoms with Gasteiger partial charge in [-0.2, -0.15) is 0 Å². The van der Waals surface area contributed by atoms with Gasteiger partial charge in [-0.25, -0.2) is 0 Å². The molecule has 2 aromatic rings. The molecule has 0 atom stereocenters. The summed E-state index contributed by atoms with van der Waals surface area (Å²) in [5.74, 6) is 1.44. The van der Waals surface area contributed by atoms with Crippen molar-refractivity contribution in [2.75, 3.05) is 13.7 Å². The van der Waals surface area contributed by atoms with Gasteiger partial charge in [0.2, 0.25) is 0 Å². The van der Waals surface area contributed by atoms with E-state index in [1.807, 2.05) is 36.4 Å². The van der Waals surface area contributed by atoms with Crippen LogP contribution in [0.3, 0.4) is 0 Å². The largest absolute Gasteiger partial charge is 0.493 e. The van der Waals surface area contributed by atoms with Crippen molar-refractivity contribution in [3.63, 3.8) is 0 Å². The normalized spacial score (nSPS) is 10.2. The number of pyridine rings is 1. The lowest BCUT2D eigenvalue weighted by atomic mass is 10.2. The van der Waals surface area contributed by atoms with Crippen LogP contribution < -0.4 is 15.2 Å². The zero-order chi connectivity index (χ0) is 13.5. The molecule has 0 unspecified atom stereocenters. The van der Waals surface area contributed by atoms with E-state index < -0.39 is 0 Å². The third kappa shape index (κ3) is 3.69. The van der Waals surface area contributed by atoms with Crippen LogP contribution in [0.2, 0.25) is 0 Å². The van der Waals surface area contributed by atoms with Crippen molar-refractivity contribution in [3.8, 4) is 11.5 Å². The van der Waals surface area contributed by atoms with Gasteiger partial charge in [-0.15, -0.1) is 0 Å². The molecule has 100 valence electrons. The Kier molecular flexibility index (Phi) is 4.75. The Balaban J connectivity index is 1.98. The van der Waals surface area contributed by atoms with Crippen LogP contribution in [0.1, 0.15) is 11.3 Å². The first-order valence-corrected chi connectivity index (χ1v) is 6.23. The monoisotopic (exact) mass is 258 g/mol. The van der Waals surface area contributed by atoms with E-state index in [-0.39, 0.29) is 0 Å². The second kappa shape index (κ2) is 6.75. The SMILES string of the molecule is COc1ccc(CN)cc1OCCc1ccccn1. The van der Waals surface area contributed by atoms with Gasteiger partial charge in [0.15, 0.2) is 11.5 Å². The third-order valence-corrected chi connectivity index (χ3v) is 2.81. The lowest BCUT2D eigenvalue weighted by molar-refractivity contribution is 0.296. The summed E-state index contributed by atoms with van der Waals surface area (Å²) in [5.41, 5.74) is 7.66. The van der Waals surface area contributed by atoms with Crippen LogP contribution in [0.4, 0.5) is 0 Å². The summed E-state index contributed by atoms with van der Waals surface area (Å²) in [6, 6.07) is 11.6. The standard InChI is InChI=1S/C15H18N2O2/c1-18-14-6-5-12(11-16)10-15(14)19-9-7-13-4-2-3-8-17-13/h2-6,8,10H,7,9,11,16H2,1H3. The first-order chi connectivity index (χ1) is 9.33. The summed E-state index contributed by atoms with van der Waals surface area (Å²) in [7, 11) is 1.63. The second-order valence-electron chi connectivity index (χ2n) is 4.11. The lowest BCUT2D eigenvalue weighted by Gasteiger charge is -2.11. The molecule has 2 rings (SSSR count). The molecule has 1 heterocycles. The molecule has 2 N–H and O–H groups in total. The lowest BCUT2D eigenvalue weighted by Crippen LogP contribution is -2.05. The van der Waals surface area contributed by atoms with E-state index in [4.69, 9.17) is 15.2 Å².